The number of aromatic nitrogens is 4. The van der Waals surface area contributed by atoms with Crippen LogP contribution in [0.5, 0.6) is 0 Å². The minimum Gasteiger partial charge on any atom is -0.347 e. The maximum absolute atomic E-state index is 12.6. The van der Waals surface area contributed by atoms with Gasteiger partial charge < -0.3 is 5.32 Å². The molecule has 0 bridgehead atoms. The highest BCUT2D eigenvalue weighted by atomic mass is 32.2. The summed E-state index contributed by atoms with van der Waals surface area (Å²) in [6.45, 7) is 8.96. The number of carbonyl (C=O) groups is 1. The minimum atomic E-state index is -0.0570. The second-order valence-electron chi connectivity index (χ2n) is 7.06. The molecular weight excluding hydrogens is 322 g/mol. The maximum atomic E-state index is 12.6. The smallest absolute Gasteiger partial charge is 0.251 e. The van der Waals surface area contributed by atoms with Crippen LogP contribution in [0.3, 0.4) is 0 Å². The maximum Gasteiger partial charge on any atom is 0.251 e. The van der Waals surface area contributed by atoms with E-state index in [1.54, 1.807) is 24.0 Å². The molecule has 0 fully saturated rings. The van der Waals surface area contributed by atoms with Crippen LogP contribution >= 0.6 is 11.8 Å². The average Bonchev–Trinajstić information content (AvgIpc) is 2.85. The molecule has 2 aromatic rings. The Kier molecular flexibility index (Phi) is 4.62. The predicted molar refractivity (Wildman–Crippen MR) is 94.2 cm³/mol. The van der Waals surface area contributed by atoms with Gasteiger partial charge in [0.1, 0.15) is 11.6 Å². The summed E-state index contributed by atoms with van der Waals surface area (Å²) in [6, 6.07) is 3.70. The highest BCUT2D eigenvalue weighted by molar-refractivity contribution is 8.00. The number of hydrogen-bond acceptors (Lipinski definition) is 5. The van der Waals surface area contributed by atoms with Gasteiger partial charge >= 0.3 is 0 Å². The van der Waals surface area contributed by atoms with Crippen LogP contribution in [0, 0.1) is 6.92 Å². The van der Waals surface area contributed by atoms with E-state index in [1.165, 1.54) is 0 Å². The van der Waals surface area contributed by atoms with Crippen molar-refractivity contribution in [2.75, 3.05) is 0 Å². The van der Waals surface area contributed by atoms with E-state index in [9.17, 15) is 4.79 Å². The van der Waals surface area contributed by atoms with Crippen LogP contribution in [0.15, 0.2) is 23.4 Å². The lowest BCUT2D eigenvalue weighted by Crippen LogP contribution is -2.41. The highest BCUT2D eigenvalue weighted by Gasteiger charge is 2.23. The molecule has 6 nitrogen and oxygen atoms in total. The quantitative estimate of drug-likeness (QED) is 0.866. The second kappa shape index (κ2) is 6.55. The standard InChI is InChI=1S/C17H23N5OS/c1-11-19-14-6-5-13(10-22(14)21-11)20-16(23)12-7-8-18-15(9-12)24-17(2,3)4/h7-9,13H,5-6,10H2,1-4H3,(H,20,23)/t13-/m0/s1. The number of hydrogen-bond donors (Lipinski definition) is 1. The topological polar surface area (TPSA) is 72.7 Å². The molecule has 0 spiro atoms. The Morgan fingerprint density at radius 3 is 2.96 bits per heavy atom. The van der Waals surface area contributed by atoms with Crippen molar-refractivity contribution >= 4 is 17.7 Å². The summed E-state index contributed by atoms with van der Waals surface area (Å²) in [6.07, 6.45) is 3.43. The second-order valence-corrected chi connectivity index (χ2v) is 8.91. The van der Waals surface area contributed by atoms with Crippen LogP contribution in [0.2, 0.25) is 0 Å². The molecule has 1 N–H and O–H groups in total. The Morgan fingerprint density at radius 1 is 1.42 bits per heavy atom. The zero-order valence-corrected chi connectivity index (χ0v) is 15.4. The Morgan fingerprint density at radius 2 is 2.21 bits per heavy atom. The fraction of sp³-hybridized carbons (Fsp3) is 0.529. The third-order valence-corrected chi connectivity index (χ3v) is 4.75. The molecule has 1 amide bonds. The summed E-state index contributed by atoms with van der Waals surface area (Å²) in [5, 5.41) is 8.36. The van der Waals surface area contributed by atoms with E-state index in [0.717, 1.165) is 29.5 Å². The number of thioether (sulfide) groups is 1. The van der Waals surface area contributed by atoms with E-state index < -0.39 is 0 Å². The summed E-state index contributed by atoms with van der Waals surface area (Å²) in [4.78, 5) is 21.3. The molecule has 0 aliphatic carbocycles. The molecule has 3 rings (SSSR count). The third kappa shape index (κ3) is 4.14. The van der Waals surface area contributed by atoms with Crippen molar-refractivity contribution in [3.05, 3.63) is 35.5 Å². The van der Waals surface area contributed by atoms with Crippen molar-refractivity contribution in [1.29, 1.82) is 0 Å². The molecule has 128 valence electrons. The number of nitrogens with zero attached hydrogens (tertiary/aromatic N) is 4. The number of pyridine rings is 1. The summed E-state index contributed by atoms with van der Waals surface area (Å²) in [5.74, 6) is 1.74. The van der Waals surface area contributed by atoms with Crippen molar-refractivity contribution in [2.24, 2.45) is 0 Å². The van der Waals surface area contributed by atoms with E-state index in [-0.39, 0.29) is 16.7 Å². The minimum absolute atomic E-state index is 0.0570. The largest absolute Gasteiger partial charge is 0.347 e. The number of amides is 1. The van der Waals surface area contributed by atoms with Crippen molar-refractivity contribution in [1.82, 2.24) is 25.1 Å². The Balaban J connectivity index is 1.66. The predicted octanol–water partition coefficient (Wildman–Crippen LogP) is 2.62. The van der Waals surface area contributed by atoms with Gasteiger partial charge in [0.15, 0.2) is 0 Å². The van der Waals surface area contributed by atoms with Crippen LogP contribution in [0.25, 0.3) is 0 Å². The van der Waals surface area contributed by atoms with Gasteiger partial charge in [-0.25, -0.2) is 14.6 Å². The normalized spacial score (nSPS) is 17.4. The van der Waals surface area contributed by atoms with E-state index >= 15 is 0 Å². The zero-order chi connectivity index (χ0) is 17.3. The van der Waals surface area contributed by atoms with E-state index in [1.807, 2.05) is 17.7 Å². The van der Waals surface area contributed by atoms with Gasteiger partial charge in [-0.2, -0.15) is 5.10 Å². The monoisotopic (exact) mass is 345 g/mol. The highest BCUT2D eigenvalue weighted by Crippen LogP contribution is 2.30. The van der Waals surface area contributed by atoms with E-state index in [0.29, 0.717) is 12.1 Å². The molecule has 3 heterocycles. The summed E-state index contributed by atoms with van der Waals surface area (Å²) in [5.41, 5.74) is 0.650. The molecule has 1 aliphatic rings. The molecule has 0 saturated heterocycles. The van der Waals surface area contributed by atoms with Crippen LogP contribution in [-0.4, -0.2) is 36.4 Å². The molecule has 2 aromatic heterocycles. The molecule has 7 heteroatoms. The van der Waals surface area contributed by atoms with Gasteiger partial charge in [-0.3, -0.25) is 4.79 Å². The number of carbonyl (C=O) groups excluding carboxylic acids is 1. The van der Waals surface area contributed by atoms with Crippen molar-refractivity contribution < 1.29 is 4.79 Å². The molecule has 1 atom stereocenters. The molecule has 0 saturated carbocycles. The van der Waals surface area contributed by atoms with Gasteiger partial charge in [0.2, 0.25) is 0 Å². The summed E-state index contributed by atoms with van der Waals surface area (Å²) >= 11 is 1.66. The van der Waals surface area contributed by atoms with Crippen LogP contribution < -0.4 is 5.32 Å². The van der Waals surface area contributed by atoms with Gasteiger partial charge in [-0.15, -0.1) is 11.8 Å². The van der Waals surface area contributed by atoms with Crippen LogP contribution in [-0.2, 0) is 13.0 Å². The number of fused-ring (bicyclic) bond motifs is 1. The summed E-state index contributed by atoms with van der Waals surface area (Å²) in [7, 11) is 0. The SMILES string of the molecule is Cc1nc2n(n1)C[C@@H](NC(=O)c1ccnc(SC(C)(C)C)c1)CC2. The van der Waals surface area contributed by atoms with Gasteiger partial charge in [-0.05, 0) is 25.5 Å². The fourth-order valence-electron chi connectivity index (χ4n) is 2.74. The average molecular weight is 345 g/mol. The van der Waals surface area contributed by atoms with Gasteiger partial charge in [0.25, 0.3) is 5.91 Å². The van der Waals surface area contributed by atoms with Crippen LogP contribution in [0.4, 0.5) is 0 Å². The van der Waals surface area contributed by atoms with Gasteiger partial charge in [0.05, 0.1) is 11.6 Å². The number of aryl methyl sites for hydroxylation is 2. The molecule has 0 radical (unpaired) electrons. The van der Waals surface area contributed by atoms with Crippen molar-refractivity contribution in [2.45, 2.75) is 62.9 Å². The van der Waals surface area contributed by atoms with Gasteiger partial charge in [-0.1, -0.05) is 20.8 Å². The molecular formula is C17H23N5OS. The Bertz CT molecular complexity index is 750. The lowest BCUT2D eigenvalue weighted by molar-refractivity contribution is 0.0926. The van der Waals surface area contributed by atoms with E-state index in [2.05, 4.69) is 41.2 Å². The Labute approximate surface area is 146 Å². The fourth-order valence-corrected chi connectivity index (χ4v) is 3.67. The first-order chi connectivity index (χ1) is 11.3. The number of rotatable bonds is 3. The van der Waals surface area contributed by atoms with Gasteiger partial charge in [0, 0.05) is 29.0 Å². The molecule has 1 aliphatic heterocycles. The first-order valence-corrected chi connectivity index (χ1v) is 8.98. The van der Waals surface area contributed by atoms with Crippen molar-refractivity contribution in [3.63, 3.8) is 0 Å². The lowest BCUT2D eigenvalue weighted by Gasteiger charge is -2.23. The van der Waals surface area contributed by atoms with Crippen molar-refractivity contribution in [3.8, 4) is 0 Å². The lowest BCUT2D eigenvalue weighted by atomic mass is 10.1. The molecule has 24 heavy (non-hydrogen) atoms. The molecule has 0 unspecified atom stereocenters. The van der Waals surface area contributed by atoms with E-state index in [4.69, 9.17) is 0 Å². The first-order valence-electron chi connectivity index (χ1n) is 8.16. The molecule has 0 aromatic carbocycles. The summed E-state index contributed by atoms with van der Waals surface area (Å²) < 4.78 is 1.96. The Hall–Kier alpha value is -1.89. The zero-order valence-electron chi connectivity index (χ0n) is 14.5. The van der Waals surface area contributed by atoms with Crippen LogP contribution in [0.1, 0.15) is 49.2 Å². The third-order valence-electron chi connectivity index (χ3n) is 3.71. The number of nitrogens with one attached hydrogen (secondary N) is 1. The first kappa shape index (κ1) is 17.0.